The maximum Gasteiger partial charge on any atom is 0.319 e. The van der Waals surface area contributed by atoms with Gasteiger partial charge in [-0.3, -0.25) is 9.69 Å². The van der Waals surface area contributed by atoms with E-state index in [9.17, 15) is 9.59 Å². The first-order valence-corrected chi connectivity index (χ1v) is 10.1. The third-order valence-electron chi connectivity index (χ3n) is 5.69. The van der Waals surface area contributed by atoms with Crippen LogP contribution in [0.4, 0.5) is 4.79 Å². The van der Waals surface area contributed by atoms with Gasteiger partial charge in [0.2, 0.25) is 5.91 Å². The van der Waals surface area contributed by atoms with Crippen molar-refractivity contribution in [1.29, 1.82) is 0 Å². The van der Waals surface area contributed by atoms with E-state index in [2.05, 4.69) is 10.2 Å². The van der Waals surface area contributed by atoms with Crippen molar-refractivity contribution in [1.82, 2.24) is 20.0 Å². The molecule has 0 aliphatic carbocycles. The highest BCUT2D eigenvalue weighted by molar-refractivity contribution is 5.79. The maximum atomic E-state index is 12.7. The number of urea groups is 1. The summed E-state index contributed by atoms with van der Waals surface area (Å²) in [5, 5.41) is 3.15. The number of hydrogen-bond donors (Lipinski definition) is 1. The van der Waals surface area contributed by atoms with Gasteiger partial charge < -0.3 is 19.5 Å². The number of carbonyl (C=O) groups is 2. The van der Waals surface area contributed by atoms with Crippen molar-refractivity contribution in [2.75, 3.05) is 46.8 Å². The molecule has 3 rings (SSSR count). The lowest BCUT2D eigenvalue weighted by Crippen LogP contribution is -2.47. The highest BCUT2D eigenvalue weighted by atomic mass is 16.3. The average Bonchev–Trinajstić information content (AvgIpc) is 3.23. The minimum Gasteiger partial charge on any atom is -0.468 e. The Morgan fingerprint density at radius 2 is 1.89 bits per heavy atom. The predicted molar refractivity (Wildman–Crippen MR) is 103 cm³/mol. The number of hydrogen-bond acceptors (Lipinski definition) is 4. The highest BCUT2D eigenvalue weighted by Crippen LogP contribution is 2.25. The van der Waals surface area contributed by atoms with Gasteiger partial charge in [0.15, 0.2) is 0 Å². The molecule has 2 saturated heterocycles. The summed E-state index contributed by atoms with van der Waals surface area (Å²) < 4.78 is 5.65. The van der Waals surface area contributed by atoms with Crippen LogP contribution in [0.5, 0.6) is 0 Å². The molecule has 1 N–H and O–H groups in total. The predicted octanol–water partition coefficient (Wildman–Crippen LogP) is 2.32. The summed E-state index contributed by atoms with van der Waals surface area (Å²) in [4.78, 5) is 30.6. The Morgan fingerprint density at radius 3 is 2.48 bits per heavy atom. The van der Waals surface area contributed by atoms with Crippen LogP contribution in [0, 0.1) is 5.92 Å². The number of carbonyl (C=O) groups excluding carboxylic acids is 2. The molecule has 1 atom stereocenters. The zero-order valence-electron chi connectivity index (χ0n) is 16.5. The number of rotatable bonds is 5. The minimum absolute atomic E-state index is 0.0187. The second kappa shape index (κ2) is 9.26. The van der Waals surface area contributed by atoms with E-state index < -0.39 is 0 Å². The molecule has 27 heavy (non-hydrogen) atoms. The zero-order chi connectivity index (χ0) is 19.2. The van der Waals surface area contributed by atoms with Crippen LogP contribution in [0.25, 0.3) is 0 Å². The number of amides is 3. The van der Waals surface area contributed by atoms with Gasteiger partial charge in [0.25, 0.3) is 0 Å². The Bertz CT molecular complexity index is 603. The van der Waals surface area contributed by atoms with Crippen molar-refractivity contribution < 1.29 is 14.0 Å². The SMILES string of the molecule is CN(C)C(=O)N1CCC(C(=O)NCC(c2ccco2)N2CCCCC2)CC1. The smallest absolute Gasteiger partial charge is 0.319 e. The molecule has 0 saturated carbocycles. The van der Waals surface area contributed by atoms with Crippen molar-refractivity contribution in [2.24, 2.45) is 5.92 Å². The van der Waals surface area contributed by atoms with Crippen LogP contribution in [0.15, 0.2) is 22.8 Å². The first-order valence-electron chi connectivity index (χ1n) is 10.1. The van der Waals surface area contributed by atoms with Crippen LogP contribution in [-0.4, -0.2) is 73.5 Å². The number of piperidine rings is 2. The van der Waals surface area contributed by atoms with E-state index in [0.717, 1.165) is 31.7 Å². The molecule has 3 heterocycles. The summed E-state index contributed by atoms with van der Waals surface area (Å²) in [6.07, 6.45) is 6.82. The molecule has 7 nitrogen and oxygen atoms in total. The molecule has 1 aromatic rings. The van der Waals surface area contributed by atoms with E-state index in [-0.39, 0.29) is 23.9 Å². The normalized spacial score (nSPS) is 20.3. The lowest BCUT2D eigenvalue weighted by Gasteiger charge is -2.35. The second-order valence-corrected chi connectivity index (χ2v) is 7.81. The molecule has 0 bridgehead atoms. The van der Waals surface area contributed by atoms with Crippen molar-refractivity contribution >= 4 is 11.9 Å². The van der Waals surface area contributed by atoms with Gasteiger partial charge in [-0.1, -0.05) is 6.42 Å². The Balaban J connectivity index is 1.51. The molecule has 2 aliphatic rings. The molecular weight excluding hydrogens is 344 g/mol. The second-order valence-electron chi connectivity index (χ2n) is 7.81. The van der Waals surface area contributed by atoms with Gasteiger partial charge in [-0.15, -0.1) is 0 Å². The molecule has 0 spiro atoms. The van der Waals surface area contributed by atoms with E-state index in [1.54, 1.807) is 25.3 Å². The summed E-state index contributed by atoms with van der Waals surface area (Å²) in [5.41, 5.74) is 0. The maximum absolute atomic E-state index is 12.7. The first kappa shape index (κ1) is 19.7. The zero-order valence-corrected chi connectivity index (χ0v) is 16.5. The van der Waals surface area contributed by atoms with Gasteiger partial charge in [0.1, 0.15) is 5.76 Å². The van der Waals surface area contributed by atoms with Crippen LogP contribution < -0.4 is 5.32 Å². The van der Waals surface area contributed by atoms with Crippen molar-refractivity contribution in [3.63, 3.8) is 0 Å². The molecule has 0 aromatic carbocycles. The minimum atomic E-state index is -0.0187. The Labute approximate surface area is 161 Å². The van der Waals surface area contributed by atoms with Gasteiger partial charge >= 0.3 is 6.03 Å². The molecule has 1 unspecified atom stereocenters. The van der Waals surface area contributed by atoms with E-state index in [1.165, 1.54) is 19.3 Å². The van der Waals surface area contributed by atoms with Gasteiger partial charge in [-0.2, -0.15) is 0 Å². The van der Waals surface area contributed by atoms with Crippen LogP contribution in [-0.2, 0) is 4.79 Å². The number of nitrogens with one attached hydrogen (secondary N) is 1. The van der Waals surface area contributed by atoms with Gasteiger partial charge in [-0.25, -0.2) is 4.79 Å². The Morgan fingerprint density at radius 1 is 1.19 bits per heavy atom. The molecule has 150 valence electrons. The topological polar surface area (TPSA) is 69.0 Å². The third kappa shape index (κ3) is 5.03. The quantitative estimate of drug-likeness (QED) is 0.856. The lowest BCUT2D eigenvalue weighted by molar-refractivity contribution is -0.126. The van der Waals surface area contributed by atoms with Gasteiger partial charge in [-0.05, 0) is 50.9 Å². The Kier molecular flexibility index (Phi) is 6.77. The number of nitrogens with zero attached hydrogens (tertiary/aromatic N) is 3. The van der Waals surface area contributed by atoms with Gasteiger partial charge in [0, 0.05) is 39.6 Å². The largest absolute Gasteiger partial charge is 0.468 e. The molecule has 1 aromatic heterocycles. The van der Waals surface area contributed by atoms with Crippen molar-refractivity contribution in [3.05, 3.63) is 24.2 Å². The van der Waals surface area contributed by atoms with Crippen molar-refractivity contribution in [3.8, 4) is 0 Å². The molecule has 2 fully saturated rings. The molecule has 2 aliphatic heterocycles. The molecule has 3 amide bonds. The highest BCUT2D eigenvalue weighted by Gasteiger charge is 2.30. The van der Waals surface area contributed by atoms with Gasteiger partial charge in [0.05, 0.1) is 12.3 Å². The van der Waals surface area contributed by atoms with Crippen LogP contribution >= 0.6 is 0 Å². The first-order chi connectivity index (χ1) is 13.1. The van der Waals surface area contributed by atoms with Crippen LogP contribution in [0.2, 0.25) is 0 Å². The van der Waals surface area contributed by atoms with E-state index in [0.29, 0.717) is 19.6 Å². The standard InChI is InChI=1S/C20H32N4O3/c1-22(2)20(26)24-12-8-16(9-13-24)19(25)21-15-17(18-7-6-14-27-18)23-10-4-3-5-11-23/h6-7,14,16-17H,3-5,8-13,15H2,1-2H3,(H,21,25). The monoisotopic (exact) mass is 376 g/mol. The van der Waals surface area contributed by atoms with E-state index >= 15 is 0 Å². The summed E-state index contributed by atoms with van der Waals surface area (Å²) in [5.74, 6) is 0.999. The van der Waals surface area contributed by atoms with Crippen LogP contribution in [0.1, 0.15) is 43.9 Å². The van der Waals surface area contributed by atoms with Crippen LogP contribution in [0.3, 0.4) is 0 Å². The lowest BCUT2D eigenvalue weighted by atomic mass is 9.96. The van der Waals surface area contributed by atoms with E-state index in [1.807, 2.05) is 17.0 Å². The fourth-order valence-corrected chi connectivity index (χ4v) is 4.08. The fourth-order valence-electron chi connectivity index (χ4n) is 4.08. The number of furan rings is 1. The Hall–Kier alpha value is -2.02. The molecule has 0 radical (unpaired) electrons. The third-order valence-corrected chi connectivity index (χ3v) is 5.69. The summed E-state index contributed by atoms with van der Waals surface area (Å²) in [6, 6.07) is 4.03. The van der Waals surface area contributed by atoms with E-state index in [4.69, 9.17) is 4.42 Å². The van der Waals surface area contributed by atoms with Crippen molar-refractivity contribution in [2.45, 2.75) is 38.1 Å². The summed E-state index contributed by atoms with van der Waals surface area (Å²) >= 11 is 0. The fraction of sp³-hybridized carbons (Fsp3) is 0.700. The average molecular weight is 377 g/mol. The molecule has 7 heteroatoms. The molecular formula is C20H32N4O3. The number of likely N-dealkylation sites (tertiary alicyclic amines) is 2. The summed E-state index contributed by atoms with van der Waals surface area (Å²) in [6.45, 7) is 3.95. The summed E-state index contributed by atoms with van der Waals surface area (Å²) in [7, 11) is 3.52.